The van der Waals surface area contributed by atoms with Gasteiger partial charge in [-0.05, 0) is 68.1 Å². The molecule has 2 aliphatic carbocycles. The minimum absolute atomic E-state index is 0.0443. The molecule has 1 unspecified atom stereocenters. The van der Waals surface area contributed by atoms with Gasteiger partial charge in [0.25, 0.3) is 5.91 Å². The molecule has 0 aromatic carbocycles. The minimum Gasteiger partial charge on any atom is -0.458 e. The summed E-state index contributed by atoms with van der Waals surface area (Å²) in [5, 5.41) is 8.22. The average Bonchev–Trinajstić information content (AvgIpc) is 3.61. The van der Waals surface area contributed by atoms with Crippen LogP contribution in [0.15, 0.2) is 0 Å². The number of primary amides is 1. The number of carbonyl (C=O) groups excluding carboxylic acids is 6. The standard InChI is InChI=1S/C32H53N5O7/c1-16(2)21(28(42)44-31(6,7)8)35-29(43)36-24(30(3,4)5)27(41)37-15-19-18(14-32(19,9)10)22(37)26(40)34-20(13-17-11-12-17)23(38)25(33)39/h16-22,24H,11-15H2,1-10H3,(H2,33,39)(H,34,40)(H2,35,36,43)/t18-,19-,20?,21-,22-,24+/m0/s1. The molecular formula is C32H53N5O7. The van der Waals surface area contributed by atoms with Crippen molar-refractivity contribution >= 4 is 35.5 Å². The predicted octanol–water partition coefficient (Wildman–Crippen LogP) is 2.28. The van der Waals surface area contributed by atoms with Crippen molar-refractivity contribution in [3.63, 3.8) is 0 Å². The van der Waals surface area contributed by atoms with Crippen LogP contribution in [0.3, 0.4) is 0 Å². The number of fused-ring (bicyclic) bond motifs is 1. The zero-order valence-electron chi connectivity index (χ0n) is 28.0. The molecule has 0 radical (unpaired) electrons. The minimum atomic E-state index is -1.10. The zero-order valence-corrected chi connectivity index (χ0v) is 28.0. The van der Waals surface area contributed by atoms with E-state index < -0.39 is 70.7 Å². The fourth-order valence-corrected chi connectivity index (χ4v) is 6.49. The van der Waals surface area contributed by atoms with Gasteiger partial charge in [0, 0.05) is 6.54 Å². The van der Waals surface area contributed by atoms with Gasteiger partial charge < -0.3 is 31.3 Å². The summed E-state index contributed by atoms with van der Waals surface area (Å²) in [4.78, 5) is 80.1. The van der Waals surface area contributed by atoms with E-state index in [-0.39, 0.29) is 29.1 Å². The van der Waals surface area contributed by atoms with Crippen LogP contribution in [-0.4, -0.2) is 76.7 Å². The van der Waals surface area contributed by atoms with Crippen LogP contribution >= 0.6 is 0 Å². The number of ketones is 1. The molecule has 0 spiro atoms. The number of hydrogen-bond acceptors (Lipinski definition) is 7. The molecule has 12 heteroatoms. The van der Waals surface area contributed by atoms with Crippen molar-refractivity contribution in [3.8, 4) is 0 Å². The highest BCUT2D eigenvalue weighted by atomic mass is 16.6. The van der Waals surface area contributed by atoms with Crippen LogP contribution in [0.1, 0.15) is 94.9 Å². The van der Waals surface area contributed by atoms with Crippen molar-refractivity contribution in [2.75, 3.05) is 6.54 Å². The number of carbonyl (C=O) groups is 6. The Morgan fingerprint density at radius 3 is 2.00 bits per heavy atom. The van der Waals surface area contributed by atoms with Crippen LogP contribution < -0.4 is 21.7 Å². The third-order valence-electron chi connectivity index (χ3n) is 9.11. The number of esters is 1. The molecule has 3 fully saturated rings. The van der Waals surface area contributed by atoms with Gasteiger partial charge in [0.1, 0.15) is 23.7 Å². The average molecular weight is 620 g/mol. The number of hydrogen-bond donors (Lipinski definition) is 4. The summed E-state index contributed by atoms with van der Waals surface area (Å²) in [6, 6.07) is -4.61. The fourth-order valence-electron chi connectivity index (χ4n) is 6.49. The molecule has 5 amide bonds. The van der Waals surface area contributed by atoms with Gasteiger partial charge in [-0.2, -0.15) is 0 Å². The third-order valence-corrected chi connectivity index (χ3v) is 9.11. The van der Waals surface area contributed by atoms with E-state index in [1.165, 1.54) is 4.90 Å². The van der Waals surface area contributed by atoms with Crippen molar-refractivity contribution in [1.82, 2.24) is 20.9 Å². The summed E-state index contributed by atoms with van der Waals surface area (Å²) >= 11 is 0. The highest BCUT2D eigenvalue weighted by Crippen LogP contribution is 2.57. The number of Topliss-reactive ketones (excluding diaryl/α,β-unsaturated/α-hetero) is 1. The topological polar surface area (TPSA) is 177 Å². The van der Waals surface area contributed by atoms with E-state index in [1.54, 1.807) is 34.6 Å². The van der Waals surface area contributed by atoms with Crippen molar-refractivity contribution in [1.29, 1.82) is 0 Å². The molecule has 1 aliphatic heterocycles. The van der Waals surface area contributed by atoms with Crippen LogP contribution in [0.25, 0.3) is 0 Å². The first-order valence-corrected chi connectivity index (χ1v) is 15.8. The lowest BCUT2D eigenvalue weighted by atomic mass is 9.55. The molecule has 1 heterocycles. The van der Waals surface area contributed by atoms with Gasteiger partial charge in [0.15, 0.2) is 0 Å². The largest absolute Gasteiger partial charge is 0.458 e. The van der Waals surface area contributed by atoms with Gasteiger partial charge in [-0.25, -0.2) is 9.59 Å². The Kier molecular flexibility index (Phi) is 10.2. The number of amides is 5. The molecule has 2 saturated carbocycles. The van der Waals surface area contributed by atoms with Crippen LogP contribution in [0.4, 0.5) is 4.79 Å². The summed E-state index contributed by atoms with van der Waals surface area (Å²) in [6.07, 6.45) is 2.86. The quantitative estimate of drug-likeness (QED) is 0.202. The number of rotatable bonds is 11. The Balaban J connectivity index is 1.84. The van der Waals surface area contributed by atoms with Gasteiger partial charge in [-0.1, -0.05) is 61.3 Å². The molecular weight excluding hydrogens is 566 g/mol. The molecule has 5 N–H and O–H groups in total. The second-order valence-electron chi connectivity index (χ2n) is 16.0. The van der Waals surface area contributed by atoms with Gasteiger partial charge in [-0.15, -0.1) is 0 Å². The van der Waals surface area contributed by atoms with Crippen LogP contribution in [0.5, 0.6) is 0 Å². The number of nitrogens with one attached hydrogen (secondary N) is 3. The van der Waals surface area contributed by atoms with Crippen LogP contribution in [-0.2, 0) is 28.7 Å². The number of urea groups is 1. The molecule has 1 saturated heterocycles. The Bertz CT molecular complexity index is 1160. The van der Waals surface area contributed by atoms with Crippen molar-refractivity contribution < 1.29 is 33.5 Å². The molecule has 3 rings (SSSR count). The monoisotopic (exact) mass is 619 g/mol. The second kappa shape index (κ2) is 12.7. The Morgan fingerprint density at radius 1 is 0.955 bits per heavy atom. The normalized spacial score (nSPS) is 24.7. The number of ether oxygens (including phenoxy) is 1. The summed E-state index contributed by atoms with van der Waals surface area (Å²) in [7, 11) is 0. The molecule has 3 aliphatic rings. The molecule has 0 aromatic heterocycles. The lowest BCUT2D eigenvalue weighted by Crippen LogP contribution is -2.62. The van der Waals surface area contributed by atoms with E-state index in [4.69, 9.17) is 10.5 Å². The van der Waals surface area contributed by atoms with Crippen molar-refractivity contribution in [2.45, 2.75) is 125 Å². The third kappa shape index (κ3) is 8.29. The summed E-state index contributed by atoms with van der Waals surface area (Å²) in [5.74, 6) is -3.59. The zero-order chi connectivity index (χ0) is 33.5. The predicted molar refractivity (Wildman–Crippen MR) is 164 cm³/mol. The van der Waals surface area contributed by atoms with E-state index in [0.717, 1.165) is 12.8 Å². The lowest BCUT2D eigenvalue weighted by Gasteiger charge is -2.48. The van der Waals surface area contributed by atoms with Crippen molar-refractivity contribution in [3.05, 3.63) is 0 Å². The van der Waals surface area contributed by atoms with E-state index in [9.17, 15) is 28.8 Å². The van der Waals surface area contributed by atoms with E-state index in [0.29, 0.717) is 19.4 Å². The number of nitrogens with two attached hydrogens (primary N) is 1. The molecule has 44 heavy (non-hydrogen) atoms. The molecule has 0 bridgehead atoms. The Labute approximate surface area is 261 Å². The first-order chi connectivity index (χ1) is 20.0. The maximum atomic E-state index is 14.3. The van der Waals surface area contributed by atoms with Crippen LogP contribution in [0.2, 0.25) is 0 Å². The van der Waals surface area contributed by atoms with E-state index >= 15 is 0 Å². The Morgan fingerprint density at radius 2 is 1.55 bits per heavy atom. The van der Waals surface area contributed by atoms with Gasteiger partial charge in [-0.3, -0.25) is 19.2 Å². The molecule has 248 valence electrons. The smallest absolute Gasteiger partial charge is 0.329 e. The maximum absolute atomic E-state index is 14.3. The second-order valence-corrected chi connectivity index (χ2v) is 16.0. The molecule has 6 atom stereocenters. The maximum Gasteiger partial charge on any atom is 0.329 e. The van der Waals surface area contributed by atoms with Gasteiger partial charge in [0.2, 0.25) is 17.6 Å². The van der Waals surface area contributed by atoms with Crippen molar-refractivity contribution in [2.24, 2.45) is 40.2 Å². The number of nitrogens with zero attached hydrogens (tertiary/aromatic N) is 1. The summed E-state index contributed by atoms with van der Waals surface area (Å²) in [5.41, 5.74) is 3.68. The lowest BCUT2D eigenvalue weighted by molar-refractivity contribution is -0.158. The number of likely N-dealkylation sites (tertiary alicyclic amines) is 1. The van der Waals surface area contributed by atoms with E-state index in [1.807, 2.05) is 20.8 Å². The van der Waals surface area contributed by atoms with E-state index in [2.05, 4.69) is 29.8 Å². The Hall–Kier alpha value is -3.18. The summed E-state index contributed by atoms with van der Waals surface area (Å²) < 4.78 is 5.49. The highest BCUT2D eigenvalue weighted by Gasteiger charge is 2.61. The first-order valence-electron chi connectivity index (χ1n) is 15.8. The first kappa shape index (κ1) is 35.3. The SMILES string of the molecule is CC(C)[C@H](NC(=O)N[C@H](C(=O)N1C[C@H]2[C@H](CC2(C)C)[C@H]1C(=O)NC(CC1CC1)C(=O)C(N)=O)C(C)(C)C)C(=O)OC(C)(C)C. The fraction of sp³-hybridized carbons (Fsp3) is 0.812. The van der Waals surface area contributed by atoms with Gasteiger partial charge in [0.05, 0.1) is 6.04 Å². The molecule has 0 aromatic rings. The summed E-state index contributed by atoms with van der Waals surface area (Å²) in [6.45, 7) is 18.7. The highest BCUT2D eigenvalue weighted by molar-refractivity contribution is 6.37. The van der Waals surface area contributed by atoms with Gasteiger partial charge >= 0.3 is 12.0 Å². The van der Waals surface area contributed by atoms with Crippen LogP contribution in [0, 0.1) is 34.5 Å². The molecule has 12 nitrogen and oxygen atoms in total.